The third kappa shape index (κ3) is 3.46. The first kappa shape index (κ1) is 11.9. The van der Waals surface area contributed by atoms with Crippen LogP contribution in [0.2, 0.25) is 0 Å². The maximum Gasteiger partial charge on any atom is 0.0350 e. The molecule has 2 N–H and O–H groups in total. The van der Waals surface area contributed by atoms with Crippen molar-refractivity contribution in [2.75, 3.05) is 0 Å². The zero-order chi connectivity index (χ0) is 12.1. The van der Waals surface area contributed by atoms with Gasteiger partial charge in [-0.25, -0.2) is 0 Å². The van der Waals surface area contributed by atoms with E-state index in [1.54, 1.807) is 0 Å². The molecular formula is C15H14BrN. The zero-order valence-electron chi connectivity index (χ0n) is 9.44. The van der Waals surface area contributed by atoms with Gasteiger partial charge in [0.1, 0.15) is 0 Å². The van der Waals surface area contributed by atoms with Crippen LogP contribution in [0.4, 0.5) is 0 Å². The lowest BCUT2D eigenvalue weighted by molar-refractivity contribution is 1.25. The number of rotatable bonds is 3. The Bertz CT molecular complexity index is 517. The third-order valence-corrected chi connectivity index (χ3v) is 3.05. The van der Waals surface area contributed by atoms with Gasteiger partial charge in [-0.1, -0.05) is 64.5 Å². The molecule has 2 aromatic rings. The minimum atomic E-state index is 0.825. The van der Waals surface area contributed by atoms with Gasteiger partial charge in [-0.3, -0.25) is 0 Å². The number of hydrogen-bond acceptors (Lipinski definition) is 1. The van der Waals surface area contributed by atoms with E-state index in [0.29, 0.717) is 0 Å². The fourth-order valence-electron chi connectivity index (χ4n) is 1.64. The van der Waals surface area contributed by atoms with Crippen LogP contribution < -0.4 is 5.73 Å². The van der Waals surface area contributed by atoms with E-state index >= 15 is 0 Å². The average Bonchev–Trinajstić information content (AvgIpc) is 2.37. The Balaban J connectivity index is 2.11. The minimum absolute atomic E-state index is 0.825. The van der Waals surface area contributed by atoms with Crippen molar-refractivity contribution < 1.29 is 0 Å². The molecule has 1 nitrogen and oxygen atoms in total. The topological polar surface area (TPSA) is 26.0 Å². The van der Waals surface area contributed by atoms with Crippen molar-refractivity contribution in [3.63, 3.8) is 0 Å². The predicted molar refractivity (Wildman–Crippen MR) is 76.5 cm³/mol. The SMILES string of the molecule is N/C(=C\Cc1cccc(Br)c1)c1ccccc1. The molecular weight excluding hydrogens is 274 g/mol. The molecule has 0 saturated heterocycles. The highest BCUT2D eigenvalue weighted by Crippen LogP contribution is 2.14. The lowest BCUT2D eigenvalue weighted by Gasteiger charge is -2.02. The van der Waals surface area contributed by atoms with E-state index in [2.05, 4.69) is 34.1 Å². The highest BCUT2D eigenvalue weighted by molar-refractivity contribution is 9.10. The molecule has 0 spiro atoms. The van der Waals surface area contributed by atoms with Crippen LogP contribution in [0.5, 0.6) is 0 Å². The predicted octanol–water partition coefficient (Wildman–Crippen LogP) is 3.99. The molecule has 0 bridgehead atoms. The van der Waals surface area contributed by atoms with Gasteiger partial charge in [0.25, 0.3) is 0 Å². The molecule has 2 heteroatoms. The Hall–Kier alpha value is -1.54. The minimum Gasteiger partial charge on any atom is -0.398 e. The van der Waals surface area contributed by atoms with Crippen LogP contribution in [0.25, 0.3) is 5.70 Å². The molecule has 17 heavy (non-hydrogen) atoms. The van der Waals surface area contributed by atoms with E-state index in [1.807, 2.05) is 42.5 Å². The molecule has 0 unspecified atom stereocenters. The first-order valence-corrected chi connectivity index (χ1v) is 6.30. The van der Waals surface area contributed by atoms with Gasteiger partial charge in [-0.2, -0.15) is 0 Å². The summed E-state index contributed by atoms with van der Waals surface area (Å²) in [5, 5.41) is 0. The van der Waals surface area contributed by atoms with Crippen molar-refractivity contribution in [1.82, 2.24) is 0 Å². The second-order valence-electron chi connectivity index (χ2n) is 3.86. The van der Waals surface area contributed by atoms with Crippen molar-refractivity contribution in [2.45, 2.75) is 6.42 Å². The molecule has 0 fully saturated rings. The molecule has 0 saturated carbocycles. The highest BCUT2D eigenvalue weighted by atomic mass is 79.9. The van der Waals surface area contributed by atoms with Crippen molar-refractivity contribution in [3.8, 4) is 0 Å². The molecule has 0 atom stereocenters. The zero-order valence-corrected chi connectivity index (χ0v) is 11.0. The Morgan fingerprint density at radius 3 is 2.53 bits per heavy atom. The molecule has 0 aliphatic rings. The van der Waals surface area contributed by atoms with Gasteiger partial charge < -0.3 is 5.73 Å². The van der Waals surface area contributed by atoms with E-state index < -0.39 is 0 Å². The monoisotopic (exact) mass is 287 g/mol. The number of nitrogens with two attached hydrogens (primary N) is 1. The standard InChI is InChI=1S/C15H14BrN/c16-14-8-4-5-12(11-14)9-10-15(17)13-6-2-1-3-7-13/h1-8,10-11H,9,17H2/b15-10-. The van der Waals surface area contributed by atoms with Crippen molar-refractivity contribution in [3.05, 3.63) is 76.3 Å². The van der Waals surface area contributed by atoms with Crippen LogP contribution in [0.1, 0.15) is 11.1 Å². The van der Waals surface area contributed by atoms with Crippen LogP contribution in [0.15, 0.2) is 65.1 Å². The lowest BCUT2D eigenvalue weighted by atomic mass is 10.1. The van der Waals surface area contributed by atoms with E-state index in [9.17, 15) is 0 Å². The lowest BCUT2D eigenvalue weighted by Crippen LogP contribution is -1.96. The molecule has 86 valence electrons. The summed E-state index contributed by atoms with van der Waals surface area (Å²) in [6, 6.07) is 18.3. The number of halogens is 1. The molecule has 0 amide bonds. The maximum absolute atomic E-state index is 6.03. The van der Waals surface area contributed by atoms with Gasteiger partial charge >= 0.3 is 0 Å². The van der Waals surface area contributed by atoms with Gasteiger partial charge in [-0.15, -0.1) is 0 Å². The normalized spacial score (nSPS) is 11.5. The van der Waals surface area contributed by atoms with E-state index in [-0.39, 0.29) is 0 Å². The Labute approximate surface area is 110 Å². The second-order valence-corrected chi connectivity index (χ2v) is 4.78. The Kier molecular flexibility index (Phi) is 3.99. The summed E-state index contributed by atoms with van der Waals surface area (Å²) in [5.74, 6) is 0. The van der Waals surface area contributed by atoms with E-state index in [1.165, 1.54) is 5.56 Å². The summed E-state index contributed by atoms with van der Waals surface area (Å²) < 4.78 is 1.10. The Morgan fingerprint density at radius 1 is 1.06 bits per heavy atom. The molecule has 0 radical (unpaired) electrons. The molecule has 2 aromatic carbocycles. The summed E-state index contributed by atoms with van der Waals surface area (Å²) in [4.78, 5) is 0. The highest BCUT2D eigenvalue weighted by Gasteiger charge is 1.96. The van der Waals surface area contributed by atoms with E-state index in [0.717, 1.165) is 22.2 Å². The van der Waals surface area contributed by atoms with Crippen LogP contribution in [0.3, 0.4) is 0 Å². The van der Waals surface area contributed by atoms with Crippen molar-refractivity contribution >= 4 is 21.6 Å². The van der Waals surface area contributed by atoms with Crippen LogP contribution in [-0.4, -0.2) is 0 Å². The van der Waals surface area contributed by atoms with Gasteiger partial charge in [0.2, 0.25) is 0 Å². The molecule has 0 aliphatic heterocycles. The van der Waals surface area contributed by atoms with Gasteiger partial charge in [0, 0.05) is 10.2 Å². The fraction of sp³-hybridized carbons (Fsp3) is 0.0667. The number of allylic oxidation sites excluding steroid dienone is 1. The van der Waals surface area contributed by atoms with Gasteiger partial charge in [-0.05, 0) is 29.7 Å². The molecule has 0 aromatic heterocycles. The Morgan fingerprint density at radius 2 is 1.82 bits per heavy atom. The van der Waals surface area contributed by atoms with Gasteiger partial charge in [0.05, 0.1) is 0 Å². The van der Waals surface area contributed by atoms with E-state index in [4.69, 9.17) is 5.73 Å². The summed E-state index contributed by atoms with van der Waals surface area (Å²) in [7, 11) is 0. The summed E-state index contributed by atoms with van der Waals surface area (Å²) >= 11 is 3.46. The summed E-state index contributed by atoms with van der Waals surface area (Å²) in [6.07, 6.45) is 2.90. The first-order chi connectivity index (χ1) is 8.25. The van der Waals surface area contributed by atoms with Crippen molar-refractivity contribution in [2.24, 2.45) is 5.73 Å². The van der Waals surface area contributed by atoms with Crippen LogP contribution in [0, 0.1) is 0 Å². The molecule has 2 rings (SSSR count). The smallest absolute Gasteiger partial charge is 0.0350 e. The largest absolute Gasteiger partial charge is 0.398 e. The number of benzene rings is 2. The second kappa shape index (κ2) is 5.69. The summed E-state index contributed by atoms with van der Waals surface area (Å²) in [5.41, 5.74) is 9.18. The average molecular weight is 288 g/mol. The van der Waals surface area contributed by atoms with Crippen LogP contribution in [-0.2, 0) is 6.42 Å². The first-order valence-electron chi connectivity index (χ1n) is 5.51. The number of hydrogen-bond donors (Lipinski definition) is 1. The molecule has 0 heterocycles. The van der Waals surface area contributed by atoms with Gasteiger partial charge in [0.15, 0.2) is 0 Å². The summed E-state index contributed by atoms with van der Waals surface area (Å²) in [6.45, 7) is 0. The fourth-order valence-corrected chi connectivity index (χ4v) is 2.09. The quantitative estimate of drug-likeness (QED) is 0.908. The van der Waals surface area contributed by atoms with Crippen molar-refractivity contribution in [1.29, 1.82) is 0 Å². The third-order valence-electron chi connectivity index (χ3n) is 2.55. The maximum atomic E-state index is 6.03. The van der Waals surface area contributed by atoms with Crippen LogP contribution >= 0.6 is 15.9 Å². The molecule has 0 aliphatic carbocycles.